The molecule has 2 heteroatoms. The summed E-state index contributed by atoms with van der Waals surface area (Å²) in [4.78, 5) is 5.73. The summed E-state index contributed by atoms with van der Waals surface area (Å²) in [5.41, 5.74) is 14.4. The highest BCUT2D eigenvalue weighted by Gasteiger charge is 2.53. The van der Waals surface area contributed by atoms with Crippen molar-refractivity contribution in [3.63, 3.8) is 0 Å². The Labute approximate surface area is 292 Å². The predicted molar refractivity (Wildman–Crippen MR) is 210 cm³/mol. The highest BCUT2D eigenvalue weighted by atomic mass is 15.0. The Kier molecular flexibility index (Phi) is 6.25. The van der Waals surface area contributed by atoms with Gasteiger partial charge in [0.25, 0.3) is 0 Å². The minimum Gasteiger partial charge on any atom is -0.309 e. The first-order chi connectivity index (χ1) is 24.7. The summed E-state index contributed by atoms with van der Waals surface area (Å²) < 4.78 is 2.49. The van der Waals surface area contributed by atoms with Crippen molar-refractivity contribution in [2.45, 2.75) is 18.8 Å². The van der Waals surface area contributed by atoms with Crippen molar-refractivity contribution in [3.05, 3.63) is 209 Å². The molecule has 7 aromatic carbocycles. The van der Waals surface area contributed by atoms with Gasteiger partial charge in [-0.1, -0.05) is 165 Å². The van der Waals surface area contributed by atoms with Gasteiger partial charge in [-0.15, -0.1) is 0 Å². The molecule has 0 saturated carbocycles. The molecule has 0 radical (unpaired) electrons. The normalized spacial score (nSPS) is 16.4. The lowest BCUT2D eigenvalue weighted by molar-refractivity contribution is 0.746. The molecule has 0 N–H and O–H groups in total. The van der Waals surface area contributed by atoms with Crippen LogP contribution >= 0.6 is 0 Å². The highest BCUT2D eigenvalue weighted by Crippen LogP contribution is 2.63. The van der Waals surface area contributed by atoms with E-state index in [9.17, 15) is 0 Å². The van der Waals surface area contributed by atoms with E-state index >= 15 is 0 Å². The van der Waals surface area contributed by atoms with Gasteiger partial charge < -0.3 is 4.57 Å². The number of fused-ring (bicyclic) bond motifs is 10. The van der Waals surface area contributed by atoms with E-state index in [-0.39, 0.29) is 0 Å². The fourth-order valence-corrected chi connectivity index (χ4v) is 8.95. The van der Waals surface area contributed by atoms with Crippen LogP contribution in [0.15, 0.2) is 181 Å². The number of rotatable bonds is 5. The van der Waals surface area contributed by atoms with E-state index in [0.29, 0.717) is 0 Å². The van der Waals surface area contributed by atoms with Crippen molar-refractivity contribution in [2.75, 3.05) is 0 Å². The zero-order chi connectivity index (χ0) is 33.4. The Morgan fingerprint density at radius 3 is 2.10 bits per heavy atom. The molecule has 236 valence electrons. The molecule has 2 heterocycles. The van der Waals surface area contributed by atoms with Gasteiger partial charge in [0, 0.05) is 27.6 Å². The lowest BCUT2D eigenvalue weighted by atomic mass is 9.62. The van der Waals surface area contributed by atoms with Crippen LogP contribution in [0, 0.1) is 0 Å². The average Bonchev–Trinajstić information content (AvgIpc) is 3.67. The molecule has 1 atom stereocenters. The number of aromatic nitrogens is 1. The molecule has 0 amide bonds. The molecular weight excluding hydrogens is 605 g/mol. The Balaban J connectivity index is 1.42. The topological polar surface area (TPSA) is 17.3 Å². The van der Waals surface area contributed by atoms with Crippen LogP contribution in [0.25, 0.3) is 49.5 Å². The molecule has 50 heavy (non-hydrogen) atoms. The second kappa shape index (κ2) is 10.9. The molecule has 1 unspecified atom stereocenters. The number of para-hydroxylation sites is 3. The van der Waals surface area contributed by atoms with Crippen molar-refractivity contribution in [1.29, 1.82) is 0 Å². The molecule has 1 aliphatic carbocycles. The summed E-state index contributed by atoms with van der Waals surface area (Å²) in [5, 5.41) is 4.91. The maximum absolute atomic E-state index is 5.73. The first-order valence-corrected chi connectivity index (χ1v) is 17.5. The molecule has 1 aromatic heterocycles. The van der Waals surface area contributed by atoms with Crippen LogP contribution in [0.3, 0.4) is 0 Å². The number of aliphatic imine (C=N–C) groups is 1. The fourth-order valence-electron chi connectivity index (χ4n) is 8.95. The van der Waals surface area contributed by atoms with E-state index in [4.69, 9.17) is 11.6 Å². The van der Waals surface area contributed by atoms with Gasteiger partial charge in [0.1, 0.15) is 0 Å². The van der Waals surface area contributed by atoms with E-state index in [1.165, 1.54) is 55.0 Å². The van der Waals surface area contributed by atoms with Crippen LogP contribution in [-0.2, 0) is 5.41 Å². The second-order valence-electron chi connectivity index (χ2n) is 13.4. The number of allylic oxidation sites excluding steroid dienone is 2. The standard InChI is InChI=1S/C48H34N2/c1-3-42(33-18-5-4-6-19-33)49-46-38-23-9-11-26-39(38)48(45(46)31(2)34-24-15-20-32-17-7-8-21-35(32)34)40-27-12-14-30-44(40)50-43-29-13-10-22-36(43)37-25-16-28-41(48)47(37)50/h4-30H,2-3H2,1H3. The Bertz CT molecular complexity index is 2750. The summed E-state index contributed by atoms with van der Waals surface area (Å²) in [6.07, 6.45) is 0.803. The summed E-state index contributed by atoms with van der Waals surface area (Å²) in [6.45, 7) is 7.25. The highest BCUT2D eigenvalue weighted by molar-refractivity contribution is 6.15. The first-order valence-electron chi connectivity index (χ1n) is 17.5. The molecule has 2 nitrogen and oxygen atoms in total. The van der Waals surface area contributed by atoms with Crippen molar-refractivity contribution in [2.24, 2.45) is 4.99 Å². The van der Waals surface area contributed by atoms with Crippen LogP contribution < -0.4 is 0 Å². The molecule has 8 aromatic rings. The second-order valence-corrected chi connectivity index (χ2v) is 13.4. The smallest absolute Gasteiger partial charge is 0.0776 e. The van der Waals surface area contributed by atoms with Gasteiger partial charge in [0.15, 0.2) is 0 Å². The van der Waals surface area contributed by atoms with Gasteiger partial charge in [0.05, 0.1) is 27.8 Å². The number of hydrogen-bond donors (Lipinski definition) is 0. The van der Waals surface area contributed by atoms with E-state index < -0.39 is 5.41 Å². The lowest BCUT2D eigenvalue weighted by Gasteiger charge is -2.41. The van der Waals surface area contributed by atoms with Gasteiger partial charge in [0.2, 0.25) is 0 Å². The van der Waals surface area contributed by atoms with Crippen LogP contribution in [0.5, 0.6) is 0 Å². The Morgan fingerprint density at radius 2 is 1.24 bits per heavy atom. The largest absolute Gasteiger partial charge is 0.309 e. The van der Waals surface area contributed by atoms with Crippen molar-refractivity contribution in [1.82, 2.24) is 4.57 Å². The summed E-state index contributed by atoms with van der Waals surface area (Å²) in [6, 6.07) is 59.5. The van der Waals surface area contributed by atoms with Crippen LogP contribution in [-0.4, -0.2) is 10.3 Å². The molecule has 1 aliphatic heterocycles. The number of nitrogens with zero attached hydrogens (tertiary/aromatic N) is 2. The quantitative estimate of drug-likeness (QED) is 0.167. The van der Waals surface area contributed by atoms with Gasteiger partial charge in [-0.2, -0.15) is 0 Å². The van der Waals surface area contributed by atoms with E-state index in [1.54, 1.807) is 0 Å². The third-order valence-electron chi connectivity index (χ3n) is 11.0. The van der Waals surface area contributed by atoms with Gasteiger partial charge in [-0.25, -0.2) is 0 Å². The van der Waals surface area contributed by atoms with Crippen LogP contribution in [0.2, 0.25) is 0 Å². The monoisotopic (exact) mass is 638 g/mol. The third-order valence-corrected chi connectivity index (χ3v) is 11.0. The van der Waals surface area contributed by atoms with Crippen LogP contribution in [0.1, 0.15) is 46.7 Å². The minimum atomic E-state index is -0.667. The van der Waals surface area contributed by atoms with Gasteiger partial charge in [-0.3, -0.25) is 4.99 Å². The Morgan fingerprint density at radius 1 is 0.600 bits per heavy atom. The third kappa shape index (κ3) is 3.76. The number of benzene rings is 7. The number of hydrogen-bond acceptors (Lipinski definition) is 1. The average molecular weight is 639 g/mol. The van der Waals surface area contributed by atoms with Crippen molar-refractivity contribution >= 4 is 49.6 Å². The van der Waals surface area contributed by atoms with E-state index in [2.05, 4.69) is 175 Å². The predicted octanol–water partition coefficient (Wildman–Crippen LogP) is 11.9. The molecule has 1 spiro atoms. The van der Waals surface area contributed by atoms with E-state index in [1.807, 2.05) is 0 Å². The van der Waals surface area contributed by atoms with Gasteiger partial charge in [-0.05, 0) is 62.7 Å². The zero-order valence-corrected chi connectivity index (χ0v) is 27.9. The maximum atomic E-state index is 5.73. The van der Waals surface area contributed by atoms with Crippen LogP contribution in [0.4, 0.5) is 0 Å². The minimum absolute atomic E-state index is 0.667. The SMILES string of the molecule is C=C(C1=C(N=C(CC)c2ccccc2)c2ccccc2C12c1ccccc1-n1c3ccccc3c3cccc2c31)c1cccc2ccccc12. The molecule has 0 fully saturated rings. The zero-order valence-electron chi connectivity index (χ0n) is 27.9. The lowest BCUT2D eigenvalue weighted by Crippen LogP contribution is -2.35. The van der Waals surface area contributed by atoms with Crippen molar-refractivity contribution < 1.29 is 0 Å². The fraction of sp³-hybridized carbons (Fsp3) is 0.0625. The molecule has 0 saturated heterocycles. The Hall–Kier alpha value is -6.25. The molecular formula is C48H34N2. The molecule has 0 bridgehead atoms. The maximum Gasteiger partial charge on any atom is 0.0776 e. The summed E-state index contributed by atoms with van der Waals surface area (Å²) in [5.74, 6) is 0. The molecule has 10 rings (SSSR count). The van der Waals surface area contributed by atoms with E-state index in [0.717, 1.165) is 45.7 Å². The summed E-state index contributed by atoms with van der Waals surface area (Å²) in [7, 11) is 0. The van der Waals surface area contributed by atoms with Gasteiger partial charge >= 0.3 is 0 Å². The van der Waals surface area contributed by atoms with Crippen molar-refractivity contribution in [3.8, 4) is 5.69 Å². The summed E-state index contributed by atoms with van der Waals surface area (Å²) >= 11 is 0. The first kappa shape index (κ1) is 28.7. The molecule has 2 aliphatic rings.